The van der Waals surface area contributed by atoms with E-state index in [9.17, 15) is 9.90 Å². The van der Waals surface area contributed by atoms with E-state index in [0.717, 1.165) is 11.4 Å². The van der Waals surface area contributed by atoms with Gasteiger partial charge in [-0.05, 0) is 24.4 Å². The van der Waals surface area contributed by atoms with Crippen molar-refractivity contribution in [2.24, 2.45) is 0 Å². The molecule has 1 aromatic rings. The number of carbonyl (C=O) groups excluding carboxylic acids is 1. The number of thiophene rings is 1. The molecule has 0 spiro atoms. The lowest BCUT2D eigenvalue weighted by atomic mass is 10.0. The molecule has 0 radical (unpaired) electrons. The van der Waals surface area contributed by atoms with E-state index in [-0.39, 0.29) is 11.9 Å². The number of hydrogen-bond donors (Lipinski definition) is 3. The highest BCUT2D eigenvalue weighted by Crippen LogP contribution is 2.09. The van der Waals surface area contributed by atoms with Gasteiger partial charge in [-0.25, -0.2) is 0 Å². The van der Waals surface area contributed by atoms with Crippen molar-refractivity contribution >= 4 is 17.2 Å². The molecular weight excluding hydrogens is 224 g/mol. The highest BCUT2D eigenvalue weighted by molar-refractivity contribution is 7.10. The van der Waals surface area contributed by atoms with Gasteiger partial charge in [0.2, 0.25) is 5.91 Å². The standard InChI is InChI=1S/C11H16N2O2S/c14-10-3-4-12-7-9(10)13-11(15)6-8-2-1-5-16-8/h1-2,5,9-10,12,14H,3-4,6-7H2,(H,13,15)/t9-,10+/m0/s1. The van der Waals surface area contributed by atoms with E-state index >= 15 is 0 Å². The highest BCUT2D eigenvalue weighted by Gasteiger charge is 2.24. The molecule has 3 N–H and O–H groups in total. The fourth-order valence-electron chi connectivity index (χ4n) is 1.82. The van der Waals surface area contributed by atoms with E-state index in [1.807, 2.05) is 17.5 Å². The number of aliphatic hydroxyl groups is 1. The van der Waals surface area contributed by atoms with E-state index in [1.165, 1.54) is 0 Å². The van der Waals surface area contributed by atoms with E-state index in [4.69, 9.17) is 0 Å². The van der Waals surface area contributed by atoms with Gasteiger partial charge in [-0.2, -0.15) is 0 Å². The zero-order chi connectivity index (χ0) is 11.4. The Kier molecular flexibility index (Phi) is 3.93. The molecule has 2 atom stereocenters. The molecule has 0 bridgehead atoms. The summed E-state index contributed by atoms with van der Waals surface area (Å²) in [7, 11) is 0. The summed E-state index contributed by atoms with van der Waals surface area (Å²) in [5.41, 5.74) is 0. The van der Waals surface area contributed by atoms with Crippen molar-refractivity contribution in [2.45, 2.75) is 25.0 Å². The SMILES string of the molecule is O=C(Cc1cccs1)N[C@H]1CNCC[C@H]1O. The first kappa shape index (κ1) is 11.6. The third-order valence-corrected chi connectivity index (χ3v) is 3.58. The van der Waals surface area contributed by atoms with Gasteiger partial charge in [0.1, 0.15) is 0 Å². The number of nitrogens with one attached hydrogen (secondary N) is 2. The first-order valence-electron chi connectivity index (χ1n) is 5.46. The van der Waals surface area contributed by atoms with Crippen LogP contribution in [0.15, 0.2) is 17.5 Å². The molecule has 0 aliphatic carbocycles. The Morgan fingerprint density at radius 2 is 2.56 bits per heavy atom. The summed E-state index contributed by atoms with van der Waals surface area (Å²) < 4.78 is 0. The van der Waals surface area contributed by atoms with Gasteiger partial charge in [0.15, 0.2) is 0 Å². The van der Waals surface area contributed by atoms with E-state index in [0.29, 0.717) is 19.4 Å². The first-order valence-corrected chi connectivity index (χ1v) is 6.34. The Bertz CT molecular complexity index is 340. The zero-order valence-corrected chi connectivity index (χ0v) is 9.80. The monoisotopic (exact) mass is 240 g/mol. The maximum atomic E-state index is 11.7. The van der Waals surface area contributed by atoms with Crippen molar-refractivity contribution in [1.29, 1.82) is 0 Å². The number of aliphatic hydroxyl groups excluding tert-OH is 1. The molecule has 4 nitrogen and oxygen atoms in total. The molecule has 1 aliphatic heterocycles. The molecule has 16 heavy (non-hydrogen) atoms. The molecule has 5 heteroatoms. The topological polar surface area (TPSA) is 61.4 Å². The summed E-state index contributed by atoms with van der Waals surface area (Å²) in [6, 6.07) is 3.73. The Morgan fingerprint density at radius 1 is 1.69 bits per heavy atom. The van der Waals surface area contributed by atoms with Gasteiger partial charge in [0, 0.05) is 11.4 Å². The second-order valence-electron chi connectivity index (χ2n) is 3.99. The van der Waals surface area contributed by atoms with Gasteiger partial charge in [-0.1, -0.05) is 6.07 Å². The third kappa shape index (κ3) is 3.04. The molecule has 1 fully saturated rings. The average molecular weight is 240 g/mol. The van der Waals surface area contributed by atoms with Gasteiger partial charge in [-0.3, -0.25) is 4.79 Å². The van der Waals surface area contributed by atoms with Crippen molar-refractivity contribution < 1.29 is 9.90 Å². The second kappa shape index (κ2) is 5.43. The molecule has 2 heterocycles. The molecule has 0 aromatic carbocycles. The van der Waals surface area contributed by atoms with Crippen molar-refractivity contribution in [3.8, 4) is 0 Å². The van der Waals surface area contributed by atoms with Gasteiger partial charge in [0.25, 0.3) is 0 Å². The molecule has 1 saturated heterocycles. The summed E-state index contributed by atoms with van der Waals surface area (Å²) in [5, 5.41) is 17.7. The van der Waals surface area contributed by atoms with Crippen LogP contribution in [0.25, 0.3) is 0 Å². The predicted molar refractivity (Wildman–Crippen MR) is 63.4 cm³/mol. The van der Waals surface area contributed by atoms with Gasteiger partial charge in [-0.15, -0.1) is 11.3 Å². The molecule has 1 aromatic heterocycles. The van der Waals surface area contributed by atoms with Crippen LogP contribution in [0, 0.1) is 0 Å². The molecule has 0 saturated carbocycles. The summed E-state index contributed by atoms with van der Waals surface area (Å²) in [4.78, 5) is 12.7. The minimum atomic E-state index is -0.423. The molecule has 88 valence electrons. The minimum absolute atomic E-state index is 0.0183. The number of carbonyl (C=O) groups is 1. The normalized spacial score (nSPS) is 25.3. The van der Waals surface area contributed by atoms with Crippen LogP contribution in [0.1, 0.15) is 11.3 Å². The lowest BCUT2D eigenvalue weighted by molar-refractivity contribution is -0.122. The van der Waals surface area contributed by atoms with Crippen molar-refractivity contribution in [1.82, 2.24) is 10.6 Å². The highest BCUT2D eigenvalue weighted by atomic mass is 32.1. The summed E-state index contributed by atoms with van der Waals surface area (Å²) in [5.74, 6) is -0.0183. The zero-order valence-electron chi connectivity index (χ0n) is 8.98. The molecule has 2 rings (SSSR count). The molecular formula is C11H16N2O2S. The van der Waals surface area contributed by atoms with Crippen molar-refractivity contribution in [3.05, 3.63) is 22.4 Å². The maximum absolute atomic E-state index is 11.7. The maximum Gasteiger partial charge on any atom is 0.225 e. The molecule has 0 unspecified atom stereocenters. The lowest BCUT2D eigenvalue weighted by Gasteiger charge is -2.29. The average Bonchev–Trinajstić information content (AvgIpc) is 2.74. The molecule has 1 amide bonds. The Morgan fingerprint density at radius 3 is 3.25 bits per heavy atom. The van der Waals surface area contributed by atoms with Crippen LogP contribution in [0.2, 0.25) is 0 Å². The van der Waals surface area contributed by atoms with Crippen LogP contribution >= 0.6 is 11.3 Å². The summed E-state index contributed by atoms with van der Waals surface area (Å²) >= 11 is 1.58. The summed E-state index contributed by atoms with van der Waals surface area (Å²) in [6.45, 7) is 1.47. The first-order chi connectivity index (χ1) is 7.75. The summed E-state index contributed by atoms with van der Waals surface area (Å²) in [6.07, 6.45) is 0.679. The van der Waals surface area contributed by atoms with Crippen LogP contribution in [0.3, 0.4) is 0 Å². The quantitative estimate of drug-likeness (QED) is 0.704. The van der Waals surface area contributed by atoms with Gasteiger partial charge < -0.3 is 15.7 Å². The fraction of sp³-hybridized carbons (Fsp3) is 0.545. The predicted octanol–water partition coefficient (Wildman–Crippen LogP) is 0.130. The Balaban J connectivity index is 1.82. The number of hydrogen-bond acceptors (Lipinski definition) is 4. The van der Waals surface area contributed by atoms with Crippen LogP contribution in [0.4, 0.5) is 0 Å². The van der Waals surface area contributed by atoms with Crippen LogP contribution in [0.5, 0.6) is 0 Å². The number of piperidine rings is 1. The van der Waals surface area contributed by atoms with Crippen LogP contribution < -0.4 is 10.6 Å². The third-order valence-electron chi connectivity index (χ3n) is 2.71. The Hall–Kier alpha value is -0.910. The van der Waals surface area contributed by atoms with Gasteiger partial charge in [0.05, 0.1) is 18.6 Å². The molecule has 1 aliphatic rings. The minimum Gasteiger partial charge on any atom is -0.391 e. The van der Waals surface area contributed by atoms with Gasteiger partial charge >= 0.3 is 0 Å². The van der Waals surface area contributed by atoms with Crippen LogP contribution in [-0.4, -0.2) is 36.2 Å². The van der Waals surface area contributed by atoms with E-state index in [1.54, 1.807) is 11.3 Å². The van der Waals surface area contributed by atoms with Crippen LogP contribution in [-0.2, 0) is 11.2 Å². The number of rotatable bonds is 3. The van der Waals surface area contributed by atoms with Crippen molar-refractivity contribution in [3.63, 3.8) is 0 Å². The Labute approximate surface area is 98.7 Å². The lowest BCUT2D eigenvalue weighted by Crippen LogP contribution is -2.54. The fourth-order valence-corrected chi connectivity index (χ4v) is 2.52. The van der Waals surface area contributed by atoms with Crippen molar-refractivity contribution in [2.75, 3.05) is 13.1 Å². The van der Waals surface area contributed by atoms with E-state index < -0.39 is 6.10 Å². The second-order valence-corrected chi connectivity index (χ2v) is 5.02. The number of amides is 1. The van der Waals surface area contributed by atoms with E-state index in [2.05, 4.69) is 10.6 Å². The smallest absolute Gasteiger partial charge is 0.225 e. The largest absolute Gasteiger partial charge is 0.391 e.